The number of fused-ring (bicyclic) bond motifs is 1. The summed E-state index contributed by atoms with van der Waals surface area (Å²) in [5.41, 5.74) is -0.00965. The Balaban J connectivity index is 1.68. The van der Waals surface area contributed by atoms with E-state index in [-0.39, 0.29) is 29.0 Å². The molecule has 31 heavy (non-hydrogen) atoms. The van der Waals surface area contributed by atoms with Crippen LogP contribution >= 0.6 is 0 Å². The average molecular weight is 443 g/mol. The van der Waals surface area contributed by atoms with Gasteiger partial charge in [-0.2, -0.15) is 0 Å². The van der Waals surface area contributed by atoms with E-state index >= 15 is 0 Å². The third kappa shape index (κ3) is 5.56. The monoisotopic (exact) mass is 443 g/mol. The maximum absolute atomic E-state index is 12.8. The van der Waals surface area contributed by atoms with E-state index < -0.39 is 22.0 Å². The second kappa shape index (κ2) is 9.54. The molecule has 0 saturated heterocycles. The molecule has 162 valence electrons. The van der Waals surface area contributed by atoms with Crippen LogP contribution in [0.4, 0.5) is 4.79 Å². The molecule has 0 fully saturated rings. The maximum Gasteiger partial charge on any atom is 0.414 e. The van der Waals surface area contributed by atoms with Crippen molar-refractivity contribution in [3.63, 3.8) is 0 Å². The minimum atomic E-state index is -4.12. The van der Waals surface area contributed by atoms with E-state index in [4.69, 9.17) is 9.47 Å². The Kier molecular flexibility index (Phi) is 6.83. The fourth-order valence-electron chi connectivity index (χ4n) is 2.68. The number of rotatable bonds is 7. The number of nitrogens with zero attached hydrogens (tertiary/aromatic N) is 1. The van der Waals surface area contributed by atoms with Gasteiger partial charge in [-0.1, -0.05) is 36.4 Å². The molecule has 2 aromatic carbocycles. The first kappa shape index (κ1) is 22.2. The standard InChI is InChI=1S/C21H21N3O6S/c1-14(29-2)12-23-21(26)30-19-11-10-16(13-22-19)20(25)24-31(27,28)18-9-5-7-15-6-3-4-8-17(15)18/h3-11,13-14H,12H2,1-2H3,(H,23,26)(H,24,25). The Labute approximate surface area is 179 Å². The SMILES string of the molecule is COC(C)CNC(=O)Oc1ccc(C(=O)NS(=O)(=O)c2cccc3ccccc23)cn1. The summed E-state index contributed by atoms with van der Waals surface area (Å²) >= 11 is 0. The molecule has 1 unspecified atom stereocenters. The van der Waals surface area contributed by atoms with Gasteiger partial charge < -0.3 is 14.8 Å². The van der Waals surface area contributed by atoms with E-state index in [9.17, 15) is 18.0 Å². The lowest BCUT2D eigenvalue weighted by molar-refractivity contribution is 0.0981. The van der Waals surface area contributed by atoms with Gasteiger partial charge in [-0.3, -0.25) is 4.79 Å². The zero-order chi connectivity index (χ0) is 22.4. The van der Waals surface area contributed by atoms with Crippen LogP contribution in [0.3, 0.4) is 0 Å². The van der Waals surface area contributed by atoms with E-state index in [0.717, 1.165) is 11.6 Å². The number of amides is 2. The second-order valence-electron chi connectivity index (χ2n) is 6.61. The molecule has 2 amide bonds. The Morgan fingerprint density at radius 2 is 1.81 bits per heavy atom. The number of pyridine rings is 1. The van der Waals surface area contributed by atoms with Crippen LogP contribution in [-0.4, -0.2) is 45.2 Å². The van der Waals surface area contributed by atoms with E-state index in [0.29, 0.717) is 5.39 Å². The molecule has 0 bridgehead atoms. The highest BCUT2D eigenvalue weighted by Gasteiger charge is 2.21. The van der Waals surface area contributed by atoms with Crippen molar-refractivity contribution in [1.82, 2.24) is 15.0 Å². The predicted molar refractivity (Wildman–Crippen MR) is 113 cm³/mol. The van der Waals surface area contributed by atoms with E-state index in [1.54, 1.807) is 43.3 Å². The molecule has 1 heterocycles. The Hall–Kier alpha value is -3.50. The summed E-state index contributed by atoms with van der Waals surface area (Å²) in [5, 5.41) is 3.73. The molecular weight excluding hydrogens is 422 g/mol. The lowest BCUT2D eigenvalue weighted by Gasteiger charge is -2.11. The molecule has 10 heteroatoms. The van der Waals surface area contributed by atoms with Gasteiger partial charge >= 0.3 is 6.09 Å². The van der Waals surface area contributed by atoms with E-state index in [2.05, 4.69) is 10.3 Å². The van der Waals surface area contributed by atoms with E-state index in [1.807, 2.05) is 4.72 Å². The van der Waals surface area contributed by atoms with Crippen LogP contribution in [-0.2, 0) is 14.8 Å². The summed E-state index contributed by atoms with van der Waals surface area (Å²) in [6, 6.07) is 14.4. The summed E-state index contributed by atoms with van der Waals surface area (Å²) in [6.45, 7) is 2.03. The second-order valence-corrected chi connectivity index (χ2v) is 8.26. The van der Waals surface area contributed by atoms with Crippen LogP contribution in [0, 0.1) is 0 Å². The van der Waals surface area contributed by atoms with Crippen LogP contribution in [0.5, 0.6) is 5.88 Å². The fourth-order valence-corrected chi connectivity index (χ4v) is 3.89. The summed E-state index contributed by atoms with van der Waals surface area (Å²) in [5.74, 6) is -0.901. The predicted octanol–water partition coefficient (Wildman–Crippen LogP) is 2.48. The number of methoxy groups -OCH3 is 1. The summed E-state index contributed by atoms with van der Waals surface area (Å²) in [7, 11) is -2.60. The van der Waals surface area contributed by atoms with Crippen LogP contribution in [0.2, 0.25) is 0 Å². The molecule has 9 nitrogen and oxygen atoms in total. The summed E-state index contributed by atoms with van der Waals surface area (Å²) in [6.07, 6.45) is 0.205. The molecule has 1 atom stereocenters. The summed E-state index contributed by atoms with van der Waals surface area (Å²) in [4.78, 5) is 28.0. The van der Waals surface area contributed by atoms with Crippen LogP contribution in [0.15, 0.2) is 65.7 Å². The molecule has 0 saturated carbocycles. The number of aromatic nitrogens is 1. The zero-order valence-electron chi connectivity index (χ0n) is 16.9. The Morgan fingerprint density at radius 3 is 2.52 bits per heavy atom. The van der Waals surface area contributed by atoms with Gasteiger partial charge in [0.15, 0.2) is 0 Å². The van der Waals surface area contributed by atoms with Crippen molar-refractivity contribution in [3.05, 3.63) is 66.4 Å². The highest BCUT2D eigenvalue weighted by atomic mass is 32.2. The number of benzene rings is 2. The van der Waals surface area contributed by atoms with Crippen LogP contribution in [0.1, 0.15) is 17.3 Å². The van der Waals surface area contributed by atoms with Gasteiger partial charge in [0.2, 0.25) is 5.88 Å². The van der Waals surface area contributed by atoms with Gasteiger partial charge in [0.25, 0.3) is 15.9 Å². The smallest absolute Gasteiger partial charge is 0.391 e. The quantitative estimate of drug-likeness (QED) is 0.575. The molecule has 0 aliphatic heterocycles. The first-order chi connectivity index (χ1) is 14.8. The fraction of sp³-hybridized carbons (Fsp3) is 0.190. The minimum absolute atomic E-state index is 0.00572. The molecule has 1 aromatic heterocycles. The van der Waals surface area contributed by atoms with Crippen molar-refractivity contribution in [3.8, 4) is 5.88 Å². The number of hydrogen-bond acceptors (Lipinski definition) is 7. The van der Waals surface area contributed by atoms with Crippen LogP contribution < -0.4 is 14.8 Å². The van der Waals surface area contributed by atoms with Crippen molar-refractivity contribution in [1.29, 1.82) is 0 Å². The maximum atomic E-state index is 12.8. The summed E-state index contributed by atoms with van der Waals surface area (Å²) < 4.78 is 37.6. The number of hydrogen-bond donors (Lipinski definition) is 2. The lowest BCUT2D eigenvalue weighted by Crippen LogP contribution is -2.34. The first-order valence-electron chi connectivity index (χ1n) is 9.29. The molecule has 0 radical (unpaired) electrons. The van der Waals surface area contributed by atoms with Gasteiger partial charge in [-0.05, 0) is 24.4 Å². The van der Waals surface area contributed by atoms with Crippen molar-refractivity contribution >= 4 is 32.8 Å². The van der Waals surface area contributed by atoms with Gasteiger partial charge in [-0.15, -0.1) is 0 Å². The molecular formula is C21H21N3O6S. The Bertz CT molecular complexity index is 1190. The highest BCUT2D eigenvalue weighted by molar-refractivity contribution is 7.90. The van der Waals surface area contributed by atoms with Crippen molar-refractivity contribution < 1.29 is 27.5 Å². The lowest BCUT2D eigenvalue weighted by atomic mass is 10.1. The van der Waals surface area contributed by atoms with Gasteiger partial charge in [0, 0.05) is 31.3 Å². The zero-order valence-corrected chi connectivity index (χ0v) is 17.7. The molecule has 0 aliphatic rings. The third-order valence-electron chi connectivity index (χ3n) is 4.40. The van der Waals surface area contributed by atoms with Gasteiger partial charge in [0.05, 0.1) is 16.6 Å². The van der Waals surface area contributed by atoms with Gasteiger partial charge in [0.1, 0.15) is 0 Å². The highest BCUT2D eigenvalue weighted by Crippen LogP contribution is 2.22. The number of carbonyl (C=O) groups is 2. The van der Waals surface area contributed by atoms with E-state index in [1.165, 1.54) is 25.3 Å². The first-order valence-corrected chi connectivity index (χ1v) is 10.8. The minimum Gasteiger partial charge on any atom is -0.391 e. The molecule has 3 rings (SSSR count). The Morgan fingerprint density at radius 1 is 1.06 bits per heavy atom. The van der Waals surface area contributed by atoms with Crippen LogP contribution in [0.25, 0.3) is 10.8 Å². The number of carbonyl (C=O) groups excluding carboxylic acids is 2. The third-order valence-corrected chi connectivity index (χ3v) is 5.79. The normalized spacial score (nSPS) is 12.2. The molecule has 0 aliphatic carbocycles. The molecule has 2 N–H and O–H groups in total. The van der Waals surface area contributed by atoms with Crippen molar-refractivity contribution in [2.45, 2.75) is 17.9 Å². The van der Waals surface area contributed by atoms with Gasteiger partial charge in [-0.25, -0.2) is 22.9 Å². The largest absolute Gasteiger partial charge is 0.414 e. The van der Waals surface area contributed by atoms with Crippen molar-refractivity contribution in [2.24, 2.45) is 0 Å². The van der Waals surface area contributed by atoms with Crippen molar-refractivity contribution in [2.75, 3.05) is 13.7 Å². The molecule has 3 aromatic rings. The number of nitrogens with one attached hydrogen (secondary N) is 2. The molecule has 0 spiro atoms. The topological polar surface area (TPSA) is 124 Å². The number of sulfonamides is 1. The average Bonchev–Trinajstić information content (AvgIpc) is 2.77. The number of ether oxygens (including phenoxy) is 2.